The van der Waals surface area contributed by atoms with Crippen LogP contribution < -0.4 is 10.1 Å². The monoisotopic (exact) mass is 309 g/mol. The number of nitrogens with zero attached hydrogens (tertiary/aromatic N) is 2. The molecule has 1 saturated carbocycles. The highest BCUT2D eigenvalue weighted by atomic mass is 16.5. The van der Waals surface area contributed by atoms with Gasteiger partial charge in [0.1, 0.15) is 0 Å². The number of aliphatic hydroxyl groups is 1. The van der Waals surface area contributed by atoms with Crippen LogP contribution >= 0.6 is 0 Å². The van der Waals surface area contributed by atoms with Crippen molar-refractivity contribution in [2.24, 2.45) is 12.5 Å². The molecule has 0 aromatic carbocycles. The Kier molecular flexibility index (Phi) is 6.26. The largest absolute Gasteiger partial charge is 0.481 e. The molecule has 0 amide bonds. The summed E-state index contributed by atoms with van der Waals surface area (Å²) >= 11 is 0. The van der Waals surface area contributed by atoms with Crippen LogP contribution in [0.1, 0.15) is 56.7 Å². The van der Waals surface area contributed by atoms with Gasteiger partial charge in [0.25, 0.3) is 0 Å². The SMILES string of the molecule is CCc1nn(C)c(OC)c1CNCC1(CCO)CCCCC1. The van der Waals surface area contributed by atoms with E-state index in [1.54, 1.807) is 7.11 Å². The van der Waals surface area contributed by atoms with E-state index in [9.17, 15) is 5.11 Å². The number of aliphatic hydroxyl groups excluding tert-OH is 1. The quantitative estimate of drug-likeness (QED) is 0.774. The van der Waals surface area contributed by atoms with Gasteiger partial charge in [0.2, 0.25) is 5.88 Å². The average Bonchev–Trinajstić information content (AvgIpc) is 2.83. The Labute approximate surface area is 134 Å². The molecule has 1 aliphatic rings. The number of nitrogens with one attached hydrogen (secondary N) is 1. The first-order chi connectivity index (χ1) is 10.7. The summed E-state index contributed by atoms with van der Waals surface area (Å²) in [5.74, 6) is 0.851. The van der Waals surface area contributed by atoms with E-state index < -0.39 is 0 Å². The van der Waals surface area contributed by atoms with Crippen molar-refractivity contribution in [3.8, 4) is 5.88 Å². The van der Waals surface area contributed by atoms with Gasteiger partial charge in [-0.25, -0.2) is 4.68 Å². The Morgan fingerprint density at radius 2 is 2.05 bits per heavy atom. The predicted molar refractivity (Wildman–Crippen MR) is 88.1 cm³/mol. The average molecular weight is 309 g/mol. The van der Waals surface area contributed by atoms with Gasteiger partial charge in [-0.1, -0.05) is 26.2 Å². The van der Waals surface area contributed by atoms with Gasteiger partial charge in [0.05, 0.1) is 18.4 Å². The molecule has 0 unspecified atom stereocenters. The first-order valence-corrected chi connectivity index (χ1v) is 8.56. The van der Waals surface area contributed by atoms with E-state index in [0.29, 0.717) is 0 Å². The molecule has 5 nitrogen and oxygen atoms in total. The molecule has 0 bridgehead atoms. The van der Waals surface area contributed by atoms with Gasteiger partial charge in [-0.05, 0) is 31.1 Å². The molecule has 2 rings (SSSR count). The summed E-state index contributed by atoms with van der Waals surface area (Å²) in [6.45, 7) is 4.17. The van der Waals surface area contributed by atoms with Crippen LogP contribution in [-0.2, 0) is 20.0 Å². The maximum Gasteiger partial charge on any atom is 0.216 e. The zero-order chi connectivity index (χ0) is 16.0. The van der Waals surface area contributed by atoms with Crippen molar-refractivity contribution < 1.29 is 9.84 Å². The summed E-state index contributed by atoms with van der Waals surface area (Å²) in [6.07, 6.45) is 8.19. The fourth-order valence-corrected chi connectivity index (χ4v) is 3.83. The normalized spacial score (nSPS) is 17.6. The minimum atomic E-state index is 0.273. The molecule has 1 aliphatic carbocycles. The molecule has 1 heterocycles. The molecule has 2 N–H and O–H groups in total. The molecule has 0 aliphatic heterocycles. The highest BCUT2D eigenvalue weighted by Gasteiger charge is 2.31. The van der Waals surface area contributed by atoms with Crippen LogP contribution in [-0.4, -0.2) is 35.1 Å². The second-order valence-corrected chi connectivity index (χ2v) is 6.55. The lowest BCUT2D eigenvalue weighted by molar-refractivity contribution is 0.126. The zero-order valence-corrected chi connectivity index (χ0v) is 14.3. The van der Waals surface area contributed by atoms with E-state index in [0.717, 1.165) is 37.5 Å². The Morgan fingerprint density at radius 3 is 2.64 bits per heavy atom. The predicted octanol–water partition coefficient (Wildman–Crippen LogP) is 2.41. The molecular weight excluding hydrogens is 278 g/mol. The number of hydrogen-bond donors (Lipinski definition) is 2. The summed E-state index contributed by atoms with van der Waals surface area (Å²) in [6, 6.07) is 0. The van der Waals surface area contributed by atoms with E-state index in [4.69, 9.17) is 4.74 Å². The van der Waals surface area contributed by atoms with E-state index >= 15 is 0 Å². The zero-order valence-electron chi connectivity index (χ0n) is 14.3. The minimum Gasteiger partial charge on any atom is -0.481 e. The topological polar surface area (TPSA) is 59.3 Å². The lowest BCUT2D eigenvalue weighted by Gasteiger charge is -2.37. The second kappa shape index (κ2) is 7.97. The molecule has 1 aromatic heterocycles. The van der Waals surface area contributed by atoms with Crippen molar-refractivity contribution in [2.45, 2.75) is 58.4 Å². The van der Waals surface area contributed by atoms with Gasteiger partial charge < -0.3 is 15.2 Å². The lowest BCUT2D eigenvalue weighted by Crippen LogP contribution is -2.36. The smallest absolute Gasteiger partial charge is 0.216 e. The summed E-state index contributed by atoms with van der Waals surface area (Å²) in [4.78, 5) is 0. The Bertz CT molecular complexity index is 459. The number of hydrogen-bond acceptors (Lipinski definition) is 4. The Balaban J connectivity index is 2.00. The fraction of sp³-hybridized carbons (Fsp3) is 0.824. The van der Waals surface area contributed by atoms with Crippen molar-refractivity contribution >= 4 is 0 Å². The Morgan fingerprint density at radius 1 is 1.32 bits per heavy atom. The van der Waals surface area contributed by atoms with Crippen molar-refractivity contribution in [2.75, 3.05) is 20.3 Å². The van der Waals surface area contributed by atoms with E-state index in [-0.39, 0.29) is 12.0 Å². The van der Waals surface area contributed by atoms with Crippen LogP contribution in [0.3, 0.4) is 0 Å². The van der Waals surface area contributed by atoms with Crippen molar-refractivity contribution in [1.82, 2.24) is 15.1 Å². The molecule has 22 heavy (non-hydrogen) atoms. The van der Waals surface area contributed by atoms with Crippen LogP contribution in [0.5, 0.6) is 5.88 Å². The third kappa shape index (κ3) is 3.82. The van der Waals surface area contributed by atoms with E-state index in [1.165, 1.54) is 37.7 Å². The minimum absolute atomic E-state index is 0.273. The van der Waals surface area contributed by atoms with Gasteiger partial charge in [0, 0.05) is 26.7 Å². The van der Waals surface area contributed by atoms with Crippen LogP contribution in [0.2, 0.25) is 0 Å². The standard InChI is InChI=1S/C17H31N3O2/c1-4-15-14(16(22-3)20(2)19-15)12-18-13-17(10-11-21)8-6-5-7-9-17/h18,21H,4-13H2,1-3H3. The van der Waals surface area contributed by atoms with Crippen LogP contribution in [0, 0.1) is 5.41 Å². The van der Waals surface area contributed by atoms with Crippen molar-refractivity contribution in [1.29, 1.82) is 0 Å². The first-order valence-electron chi connectivity index (χ1n) is 8.56. The number of aryl methyl sites for hydroxylation is 2. The fourth-order valence-electron chi connectivity index (χ4n) is 3.83. The van der Waals surface area contributed by atoms with Gasteiger partial charge in [0.15, 0.2) is 0 Å². The van der Waals surface area contributed by atoms with Crippen LogP contribution in [0.4, 0.5) is 0 Å². The highest BCUT2D eigenvalue weighted by molar-refractivity contribution is 5.31. The molecule has 5 heteroatoms. The molecule has 1 fully saturated rings. The van der Waals surface area contributed by atoms with Gasteiger partial charge in [-0.3, -0.25) is 0 Å². The molecular formula is C17H31N3O2. The van der Waals surface area contributed by atoms with Gasteiger partial charge >= 0.3 is 0 Å². The number of rotatable bonds is 8. The van der Waals surface area contributed by atoms with E-state index in [2.05, 4.69) is 17.3 Å². The lowest BCUT2D eigenvalue weighted by atomic mass is 9.72. The molecule has 0 saturated heterocycles. The third-order valence-electron chi connectivity index (χ3n) is 5.06. The van der Waals surface area contributed by atoms with Crippen molar-refractivity contribution in [3.63, 3.8) is 0 Å². The molecule has 0 atom stereocenters. The maximum atomic E-state index is 9.41. The number of ether oxygens (including phenoxy) is 1. The summed E-state index contributed by atoms with van der Waals surface area (Å²) < 4.78 is 7.31. The maximum absolute atomic E-state index is 9.41. The summed E-state index contributed by atoms with van der Waals surface area (Å²) in [5.41, 5.74) is 2.55. The summed E-state index contributed by atoms with van der Waals surface area (Å²) in [5, 5.41) is 17.6. The van der Waals surface area contributed by atoms with Gasteiger partial charge in [-0.15, -0.1) is 0 Å². The second-order valence-electron chi connectivity index (χ2n) is 6.55. The van der Waals surface area contributed by atoms with Crippen LogP contribution in [0.25, 0.3) is 0 Å². The van der Waals surface area contributed by atoms with E-state index in [1.807, 2.05) is 11.7 Å². The van der Waals surface area contributed by atoms with Crippen molar-refractivity contribution in [3.05, 3.63) is 11.3 Å². The Hall–Kier alpha value is -1.07. The molecule has 0 spiro atoms. The molecule has 1 aromatic rings. The highest BCUT2D eigenvalue weighted by Crippen LogP contribution is 2.38. The number of aromatic nitrogens is 2. The summed E-state index contributed by atoms with van der Waals surface area (Å²) in [7, 11) is 3.63. The molecule has 126 valence electrons. The number of methoxy groups -OCH3 is 1. The van der Waals surface area contributed by atoms with Crippen LogP contribution in [0.15, 0.2) is 0 Å². The first kappa shape index (κ1) is 17.3. The third-order valence-corrected chi connectivity index (χ3v) is 5.06. The molecule has 0 radical (unpaired) electrons. The van der Waals surface area contributed by atoms with Gasteiger partial charge in [-0.2, -0.15) is 5.10 Å².